The van der Waals surface area contributed by atoms with Crippen LogP contribution in [-0.4, -0.2) is 41.8 Å². The highest BCUT2D eigenvalue weighted by Gasteiger charge is 2.25. The minimum Gasteiger partial charge on any atom is -0.496 e. The first-order valence-electron chi connectivity index (χ1n) is 7.03. The molecular formula is C16H20N2O3. The number of nitrogens with one attached hydrogen (secondary N) is 1. The van der Waals surface area contributed by atoms with Crippen LogP contribution in [0.5, 0.6) is 5.75 Å². The van der Waals surface area contributed by atoms with E-state index in [9.17, 15) is 9.59 Å². The predicted molar refractivity (Wildman–Crippen MR) is 81.8 cm³/mol. The number of H-pyrrole nitrogens is 1. The molecule has 0 unspecified atom stereocenters. The van der Waals surface area contributed by atoms with Crippen LogP contribution in [0, 0.1) is 6.92 Å². The number of ketones is 1. The molecule has 5 nitrogen and oxygen atoms in total. The van der Waals surface area contributed by atoms with E-state index in [1.54, 1.807) is 13.3 Å². The van der Waals surface area contributed by atoms with Crippen LogP contribution in [0.4, 0.5) is 0 Å². The standard InChI is InChI=1S/C16H20N2O3/c1-5-18(6-2)16(20)14(19)11-9-17-12-8-7-10(3)15(21-4)13(11)12/h7-9,17H,5-6H2,1-4H3. The SMILES string of the molecule is CCN(CC)C(=O)C(=O)c1c[nH]c2ccc(C)c(OC)c12. The predicted octanol–water partition coefficient (Wildman–Crippen LogP) is 2.54. The molecule has 0 saturated carbocycles. The van der Waals surface area contributed by atoms with Gasteiger partial charge in [0.05, 0.1) is 18.1 Å². The average Bonchev–Trinajstić information content (AvgIpc) is 2.91. The van der Waals surface area contributed by atoms with Gasteiger partial charge in [-0.25, -0.2) is 0 Å². The van der Waals surface area contributed by atoms with E-state index >= 15 is 0 Å². The van der Waals surface area contributed by atoms with Crippen molar-refractivity contribution in [1.82, 2.24) is 9.88 Å². The number of Topliss-reactive ketones (excluding diaryl/α,β-unsaturated/α-hetero) is 1. The van der Waals surface area contributed by atoms with E-state index in [1.165, 1.54) is 4.90 Å². The maximum Gasteiger partial charge on any atom is 0.295 e. The number of rotatable bonds is 5. The number of ether oxygens (including phenoxy) is 1. The number of carbonyl (C=O) groups is 2. The van der Waals surface area contributed by atoms with Crippen LogP contribution in [0.1, 0.15) is 29.8 Å². The molecule has 1 N–H and O–H groups in total. The minimum absolute atomic E-state index is 0.363. The highest BCUT2D eigenvalue weighted by molar-refractivity contribution is 6.45. The maximum atomic E-state index is 12.5. The number of methoxy groups -OCH3 is 1. The van der Waals surface area contributed by atoms with Crippen molar-refractivity contribution in [2.45, 2.75) is 20.8 Å². The van der Waals surface area contributed by atoms with Gasteiger partial charge in [-0.2, -0.15) is 0 Å². The van der Waals surface area contributed by atoms with E-state index in [4.69, 9.17) is 4.74 Å². The maximum absolute atomic E-state index is 12.5. The summed E-state index contributed by atoms with van der Waals surface area (Å²) in [5.74, 6) is -0.359. The van der Waals surface area contributed by atoms with E-state index in [0.29, 0.717) is 29.8 Å². The summed E-state index contributed by atoms with van der Waals surface area (Å²) in [5.41, 5.74) is 2.07. The number of likely N-dealkylation sites (N-methyl/N-ethyl adjacent to an activating group) is 1. The Morgan fingerprint density at radius 2 is 1.90 bits per heavy atom. The van der Waals surface area contributed by atoms with Crippen molar-refractivity contribution in [3.63, 3.8) is 0 Å². The molecule has 0 radical (unpaired) electrons. The number of aromatic nitrogens is 1. The number of hydrogen-bond donors (Lipinski definition) is 1. The third kappa shape index (κ3) is 2.51. The summed E-state index contributed by atoms with van der Waals surface area (Å²) in [5, 5.41) is 0.669. The average molecular weight is 288 g/mol. The molecule has 2 rings (SSSR count). The Bertz CT molecular complexity index is 684. The van der Waals surface area contributed by atoms with E-state index in [1.807, 2.05) is 32.9 Å². The molecule has 1 aromatic heterocycles. The molecule has 0 aliphatic heterocycles. The van der Waals surface area contributed by atoms with Gasteiger partial charge < -0.3 is 14.6 Å². The van der Waals surface area contributed by atoms with Crippen LogP contribution < -0.4 is 4.74 Å². The molecule has 21 heavy (non-hydrogen) atoms. The molecule has 2 aromatic rings. The van der Waals surface area contributed by atoms with Gasteiger partial charge in [0, 0.05) is 24.8 Å². The van der Waals surface area contributed by atoms with Crippen molar-refractivity contribution in [2.75, 3.05) is 20.2 Å². The highest BCUT2D eigenvalue weighted by atomic mass is 16.5. The number of carbonyl (C=O) groups excluding carboxylic acids is 2. The van der Waals surface area contributed by atoms with Gasteiger partial charge in [0.1, 0.15) is 5.75 Å². The minimum atomic E-state index is -0.506. The Morgan fingerprint density at radius 1 is 1.24 bits per heavy atom. The molecule has 5 heteroatoms. The lowest BCUT2D eigenvalue weighted by molar-refractivity contribution is -0.126. The summed E-state index contributed by atoms with van der Waals surface area (Å²) >= 11 is 0. The highest BCUT2D eigenvalue weighted by Crippen LogP contribution is 2.32. The van der Waals surface area contributed by atoms with Gasteiger partial charge in [-0.15, -0.1) is 0 Å². The number of amides is 1. The zero-order valence-corrected chi connectivity index (χ0v) is 12.8. The van der Waals surface area contributed by atoms with Crippen molar-refractivity contribution in [3.8, 4) is 5.75 Å². The second-order valence-corrected chi connectivity index (χ2v) is 4.85. The first-order chi connectivity index (χ1) is 10.0. The fourth-order valence-corrected chi connectivity index (χ4v) is 2.51. The Hall–Kier alpha value is -2.30. The molecule has 1 heterocycles. The number of nitrogens with zero attached hydrogens (tertiary/aromatic N) is 1. The fraction of sp³-hybridized carbons (Fsp3) is 0.375. The van der Waals surface area contributed by atoms with Gasteiger partial charge >= 0.3 is 0 Å². The molecule has 0 spiro atoms. The van der Waals surface area contributed by atoms with Crippen LogP contribution in [0.3, 0.4) is 0 Å². The quantitative estimate of drug-likeness (QED) is 0.679. The summed E-state index contributed by atoms with van der Waals surface area (Å²) in [7, 11) is 1.56. The lowest BCUT2D eigenvalue weighted by atomic mass is 10.0. The third-order valence-corrected chi connectivity index (χ3v) is 3.69. The smallest absolute Gasteiger partial charge is 0.295 e. The lowest BCUT2D eigenvalue weighted by Crippen LogP contribution is -2.36. The molecule has 1 aromatic carbocycles. The molecule has 1 amide bonds. The Labute approximate surface area is 123 Å². The Balaban J connectivity index is 2.54. The summed E-state index contributed by atoms with van der Waals surface area (Å²) in [6, 6.07) is 3.80. The second kappa shape index (κ2) is 5.99. The molecular weight excluding hydrogens is 268 g/mol. The zero-order valence-electron chi connectivity index (χ0n) is 12.8. The molecule has 0 atom stereocenters. The van der Waals surface area contributed by atoms with Crippen molar-refractivity contribution >= 4 is 22.6 Å². The van der Waals surface area contributed by atoms with E-state index in [2.05, 4.69) is 4.98 Å². The van der Waals surface area contributed by atoms with Crippen LogP contribution in [0.2, 0.25) is 0 Å². The van der Waals surface area contributed by atoms with Crippen LogP contribution in [0.15, 0.2) is 18.3 Å². The lowest BCUT2D eigenvalue weighted by Gasteiger charge is -2.17. The molecule has 0 bridgehead atoms. The van der Waals surface area contributed by atoms with Crippen LogP contribution in [0.25, 0.3) is 10.9 Å². The molecule has 0 fully saturated rings. The summed E-state index contributed by atoms with van der Waals surface area (Å²) in [6.45, 7) is 6.65. The van der Waals surface area contributed by atoms with Gasteiger partial charge in [0.25, 0.3) is 11.7 Å². The van der Waals surface area contributed by atoms with Crippen molar-refractivity contribution in [3.05, 3.63) is 29.5 Å². The Kier molecular flexibility index (Phi) is 4.31. The normalized spacial score (nSPS) is 10.7. The van der Waals surface area contributed by atoms with Crippen LogP contribution >= 0.6 is 0 Å². The van der Waals surface area contributed by atoms with Gasteiger partial charge in [0.2, 0.25) is 0 Å². The number of fused-ring (bicyclic) bond motifs is 1. The van der Waals surface area contributed by atoms with Gasteiger partial charge in [-0.3, -0.25) is 9.59 Å². The largest absolute Gasteiger partial charge is 0.496 e. The monoisotopic (exact) mass is 288 g/mol. The van der Waals surface area contributed by atoms with Gasteiger partial charge in [-0.1, -0.05) is 6.07 Å². The van der Waals surface area contributed by atoms with Crippen molar-refractivity contribution in [2.24, 2.45) is 0 Å². The first-order valence-corrected chi connectivity index (χ1v) is 7.03. The fourth-order valence-electron chi connectivity index (χ4n) is 2.51. The third-order valence-electron chi connectivity index (χ3n) is 3.69. The Morgan fingerprint density at radius 3 is 2.48 bits per heavy atom. The molecule has 0 aliphatic rings. The summed E-state index contributed by atoms with van der Waals surface area (Å²) in [6.07, 6.45) is 1.58. The van der Waals surface area contributed by atoms with Gasteiger partial charge in [-0.05, 0) is 32.4 Å². The number of hydrogen-bond acceptors (Lipinski definition) is 3. The van der Waals surface area contributed by atoms with Crippen LogP contribution in [-0.2, 0) is 4.79 Å². The number of aromatic amines is 1. The van der Waals surface area contributed by atoms with E-state index in [0.717, 1.165) is 11.1 Å². The zero-order chi connectivity index (χ0) is 15.6. The van der Waals surface area contributed by atoms with E-state index in [-0.39, 0.29) is 0 Å². The summed E-state index contributed by atoms with van der Waals surface area (Å²) < 4.78 is 5.40. The van der Waals surface area contributed by atoms with Crippen molar-refractivity contribution < 1.29 is 14.3 Å². The molecule has 112 valence electrons. The topological polar surface area (TPSA) is 62.4 Å². The van der Waals surface area contributed by atoms with E-state index < -0.39 is 11.7 Å². The van der Waals surface area contributed by atoms with Gasteiger partial charge in [0.15, 0.2) is 0 Å². The number of benzene rings is 1. The second-order valence-electron chi connectivity index (χ2n) is 4.85. The molecule has 0 aliphatic carbocycles. The summed E-state index contributed by atoms with van der Waals surface area (Å²) in [4.78, 5) is 29.3. The first kappa shape index (κ1) is 15.1. The molecule has 0 saturated heterocycles. The van der Waals surface area contributed by atoms with Crippen molar-refractivity contribution in [1.29, 1.82) is 0 Å². The number of aryl methyl sites for hydroxylation is 1.